The third kappa shape index (κ3) is 3.43. The van der Waals surface area contributed by atoms with Gasteiger partial charge in [-0.25, -0.2) is 0 Å². The fraction of sp³-hybridized carbons (Fsp3) is 0.316. The summed E-state index contributed by atoms with van der Waals surface area (Å²) in [5.41, 5.74) is 4.48. The molecule has 0 radical (unpaired) electrons. The van der Waals surface area contributed by atoms with Gasteiger partial charge in [-0.2, -0.15) is 16.4 Å². The molecule has 124 valence electrons. The van der Waals surface area contributed by atoms with Crippen molar-refractivity contribution in [1.82, 2.24) is 14.7 Å². The smallest absolute Gasteiger partial charge is 0.102 e. The van der Waals surface area contributed by atoms with Crippen LogP contribution in [0.4, 0.5) is 0 Å². The Hall–Kier alpha value is -1.95. The van der Waals surface area contributed by atoms with Crippen LogP contribution in [0.25, 0.3) is 0 Å². The molecule has 0 amide bonds. The normalized spacial score (nSPS) is 16.0. The Labute approximate surface area is 146 Å². The summed E-state index contributed by atoms with van der Waals surface area (Å²) >= 11 is 1.75. The Morgan fingerprint density at radius 2 is 2.00 bits per heavy atom. The Kier molecular flexibility index (Phi) is 4.47. The number of rotatable bonds is 5. The number of aliphatic hydroxyl groups is 1. The third-order valence-electron chi connectivity index (χ3n) is 4.50. The van der Waals surface area contributed by atoms with E-state index in [0.717, 1.165) is 37.4 Å². The summed E-state index contributed by atoms with van der Waals surface area (Å²) in [6.45, 7) is 3.76. The lowest BCUT2D eigenvalue weighted by molar-refractivity contribution is 0.171. The first-order valence-electron chi connectivity index (χ1n) is 8.30. The molecule has 1 aliphatic rings. The molecule has 0 saturated heterocycles. The van der Waals surface area contributed by atoms with Crippen LogP contribution in [0, 0.1) is 0 Å². The van der Waals surface area contributed by atoms with E-state index in [0.29, 0.717) is 6.42 Å². The molecule has 24 heavy (non-hydrogen) atoms. The van der Waals surface area contributed by atoms with E-state index in [1.165, 1.54) is 11.3 Å². The van der Waals surface area contributed by atoms with E-state index in [9.17, 15) is 5.11 Å². The van der Waals surface area contributed by atoms with Crippen LogP contribution >= 0.6 is 11.3 Å². The lowest BCUT2D eigenvalue weighted by Gasteiger charge is -2.27. The molecule has 4 nitrogen and oxygen atoms in total. The molecule has 4 rings (SSSR count). The van der Waals surface area contributed by atoms with Crippen LogP contribution in [0.3, 0.4) is 0 Å². The molecular formula is C19H21N3OS. The van der Waals surface area contributed by atoms with E-state index in [1.807, 2.05) is 35.0 Å². The van der Waals surface area contributed by atoms with Crippen molar-refractivity contribution in [2.75, 3.05) is 6.54 Å². The number of aliphatic hydroxyl groups excluding tert-OH is 1. The molecule has 3 aromatic rings. The monoisotopic (exact) mass is 339 g/mol. The van der Waals surface area contributed by atoms with E-state index in [4.69, 9.17) is 0 Å². The van der Waals surface area contributed by atoms with Gasteiger partial charge in [0.25, 0.3) is 0 Å². The van der Waals surface area contributed by atoms with Crippen molar-refractivity contribution >= 4 is 11.3 Å². The summed E-state index contributed by atoms with van der Waals surface area (Å²) < 4.78 is 2.05. The molecule has 5 heteroatoms. The second kappa shape index (κ2) is 6.89. The van der Waals surface area contributed by atoms with E-state index in [2.05, 4.69) is 32.9 Å². The lowest BCUT2D eigenvalue weighted by Crippen LogP contribution is -2.33. The molecule has 1 atom stereocenters. The summed E-state index contributed by atoms with van der Waals surface area (Å²) in [5.74, 6) is 0. The number of aromatic nitrogens is 2. The highest BCUT2D eigenvalue weighted by atomic mass is 32.1. The molecule has 1 N–H and O–H groups in total. The maximum Gasteiger partial charge on any atom is 0.102 e. The molecular weight excluding hydrogens is 318 g/mol. The molecule has 3 heterocycles. The van der Waals surface area contributed by atoms with E-state index in [-0.39, 0.29) is 0 Å². The van der Waals surface area contributed by atoms with Gasteiger partial charge in [-0.1, -0.05) is 30.3 Å². The minimum Gasteiger partial charge on any atom is -0.386 e. The summed E-state index contributed by atoms with van der Waals surface area (Å²) in [4.78, 5) is 2.44. The van der Waals surface area contributed by atoms with Gasteiger partial charge in [0, 0.05) is 26.1 Å². The quantitative estimate of drug-likeness (QED) is 0.776. The zero-order chi connectivity index (χ0) is 16.4. The number of hydrogen-bond acceptors (Lipinski definition) is 4. The van der Waals surface area contributed by atoms with Gasteiger partial charge in [0.05, 0.1) is 17.9 Å². The fourth-order valence-electron chi connectivity index (χ4n) is 3.22. The highest BCUT2D eigenvalue weighted by Crippen LogP contribution is 2.22. The van der Waals surface area contributed by atoms with Crippen molar-refractivity contribution in [3.63, 3.8) is 0 Å². The summed E-state index contributed by atoms with van der Waals surface area (Å²) in [6.07, 6.45) is 0.0615. The Morgan fingerprint density at radius 1 is 1.12 bits per heavy atom. The van der Waals surface area contributed by atoms with Gasteiger partial charge in [-0.15, -0.1) is 0 Å². The van der Waals surface area contributed by atoms with Crippen molar-refractivity contribution < 1.29 is 5.11 Å². The molecule has 0 bridgehead atoms. The number of thiophene rings is 1. The van der Waals surface area contributed by atoms with Crippen LogP contribution in [-0.4, -0.2) is 26.3 Å². The van der Waals surface area contributed by atoms with Crippen molar-refractivity contribution in [2.24, 2.45) is 0 Å². The molecule has 1 aliphatic heterocycles. The average molecular weight is 339 g/mol. The van der Waals surface area contributed by atoms with Crippen LogP contribution in [-0.2, 0) is 26.1 Å². The van der Waals surface area contributed by atoms with Crippen LogP contribution in [0.2, 0.25) is 0 Å². The zero-order valence-corrected chi connectivity index (χ0v) is 14.3. The topological polar surface area (TPSA) is 41.3 Å². The van der Waals surface area contributed by atoms with Gasteiger partial charge in [0.1, 0.15) is 6.10 Å². The predicted octanol–water partition coefficient (Wildman–Crippen LogP) is 3.24. The molecule has 0 spiro atoms. The van der Waals surface area contributed by atoms with Gasteiger partial charge in [-0.05, 0) is 34.0 Å². The molecule has 1 unspecified atom stereocenters. The molecule has 0 fully saturated rings. The number of nitrogens with zero attached hydrogens (tertiary/aromatic N) is 3. The third-order valence-corrected chi connectivity index (χ3v) is 5.23. The van der Waals surface area contributed by atoms with E-state index < -0.39 is 6.10 Å². The average Bonchev–Trinajstić information content (AvgIpc) is 3.25. The van der Waals surface area contributed by atoms with Gasteiger partial charge >= 0.3 is 0 Å². The number of fused-ring (bicyclic) bond motifs is 1. The summed E-state index contributed by atoms with van der Waals surface area (Å²) in [6, 6.07) is 14.3. The lowest BCUT2D eigenvalue weighted by atomic mass is 10.1. The minimum absolute atomic E-state index is 0.546. The SMILES string of the molecule is OC(Cc1ccccc1)c1cc2n(n1)CCN(Cc1ccsc1)C2. The highest BCUT2D eigenvalue weighted by Gasteiger charge is 2.21. The van der Waals surface area contributed by atoms with Crippen LogP contribution in [0.5, 0.6) is 0 Å². The number of benzene rings is 1. The van der Waals surface area contributed by atoms with Crippen molar-refractivity contribution in [3.05, 3.63) is 75.7 Å². The minimum atomic E-state index is -0.546. The Balaban J connectivity index is 1.44. The zero-order valence-electron chi connectivity index (χ0n) is 13.5. The molecule has 1 aromatic carbocycles. The molecule has 0 aliphatic carbocycles. The first-order valence-corrected chi connectivity index (χ1v) is 9.24. The second-order valence-electron chi connectivity index (χ2n) is 6.33. The fourth-order valence-corrected chi connectivity index (χ4v) is 3.88. The van der Waals surface area contributed by atoms with Crippen LogP contribution in [0.15, 0.2) is 53.2 Å². The second-order valence-corrected chi connectivity index (χ2v) is 7.11. The standard InChI is InChI=1S/C19H21N3OS/c23-19(10-15-4-2-1-3-5-15)18-11-17-13-21(7-8-22(17)20-18)12-16-6-9-24-14-16/h1-6,9,11,14,19,23H,7-8,10,12-13H2. The highest BCUT2D eigenvalue weighted by molar-refractivity contribution is 7.07. The van der Waals surface area contributed by atoms with Gasteiger partial charge in [-0.3, -0.25) is 9.58 Å². The Morgan fingerprint density at radius 3 is 2.79 bits per heavy atom. The maximum atomic E-state index is 10.5. The first-order chi connectivity index (χ1) is 11.8. The van der Waals surface area contributed by atoms with Crippen molar-refractivity contribution in [2.45, 2.75) is 32.2 Å². The van der Waals surface area contributed by atoms with E-state index >= 15 is 0 Å². The predicted molar refractivity (Wildman–Crippen MR) is 95.8 cm³/mol. The summed E-state index contributed by atoms with van der Waals surface area (Å²) in [5, 5.41) is 19.5. The van der Waals surface area contributed by atoms with Gasteiger partial charge in [0.2, 0.25) is 0 Å². The van der Waals surface area contributed by atoms with Crippen molar-refractivity contribution in [3.8, 4) is 0 Å². The summed E-state index contributed by atoms with van der Waals surface area (Å²) in [7, 11) is 0. The van der Waals surface area contributed by atoms with E-state index in [1.54, 1.807) is 11.3 Å². The Bertz CT molecular complexity index is 782. The first kappa shape index (κ1) is 15.6. The molecule has 0 saturated carbocycles. The van der Waals surface area contributed by atoms with Crippen molar-refractivity contribution in [1.29, 1.82) is 0 Å². The van der Waals surface area contributed by atoms with Gasteiger partial charge < -0.3 is 5.11 Å². The largest absolute Gasteiger partial charge is 0.386 e. The van der Waals surface area contributed by atoms with Crippen LogP contribution < -0.4 is 0 Å². The maximum absolute atomic E-state index is 10.5. The number of hydrogen-bond donors (Lipinski definition) is 1. The van der Waals surface area contributed by atoms with Crippen LogP contribution in [0.1, 0.15) is 28.6 Å². The molecule has 2 aromatic heterocycles. The van der Waals surface area contributed by atoms with Gasteiger partial charge in [0.15, 0.2) is 0 Å².